The molecular weight excluding hydrogens is 1060 g/mol. The number of rotatable bonds is 21. The molecule has 3 aliphatic heterocycles. The fraction of sp³-hybridized carbons (Fsp3) is 0.444. The first kappa shape index (κ1) is 65.5. The number of hydrogen-bond donors (Lipinski definition) is 3. The van der Waals surface area contributed by atoms with Crippen LogP contribution in [0.1, 0.15) is 75.6 Å². The second kappa shape index (κ2) is 35.5. The molecule has 0 saturated carbocycles. The van der Waals surface area contributed by atoms with Crippen molar-refractivity contribution in [3.05, 3.63) is 171 Å². The number of likely N-dealkylation sites (N-methyl/N-ethyl adjacent to an activating group) is 2. The average molecular weight is 1150 g/mol. The Labute approximate surface area is 489 Å². The molecule has 3 N–H and O–H groups in total. The van der Waals surface area contributed by atoms with Gasteiger partial charge in [0, 0.05) is 142 Å². The molecular formula is C63H89FN10O5S2. The van der Waals surface area contributed by atoms with Crippen molar-refractivity contribution in [2.45, 2.75) is 65.7 Å². The molecule has 15 nitrogen and oxygen atoms in total. The highest BCUT2D eigenvalue weighted by molar-refractivity contribution is 7.99. The van der Waals surface area contributed by atoms with E-state index in [-0.39, 0.29) is 18.0 Å². The largest absolute Gasteiger partial charge is 0.387 e. The van der Waals surface area contributed by atoms with Gasteiger partial charge in [-0.2, -0.15) is 0 Å². The number of thioether (sulfide) groups is 1. The number of nitrogens with zero attached hydrogens (tertiary/aromatic N) is 7. The summed E-state index contributed by atoms with van der Waals surface area (Å²) in [7, 11) is 2.34. The zero-order valence-corrected chi connectivity index (χ0v) is 50.9. The Hall–Kier alpha value is -6.28. The van der Waals surface area contributed by atoms with Gasteiger partial charge in [-0.25, -0.2) is 8.60 Å². The second-order valence-corrected chi connectivity index (χ2v) is 21.8. The zero-order chi connectivity index (χ0) is 58.5. The highest BCUT2D eigenvalue weighted by atomic mass is 32.2. The quantitative estimate of drug-likeness (QED) is 0.0240. The van der Waals surface area contributed by atoms with E-state index in [9.17, 15) is 23.5 Å². The van der Waals surface area contributed by atoms with Crippen LogP contribution >= 0.6 is 11.8 Å². The molecule has 1 unspecified atom stereocenters. The van der Waals surface area contributed by atoms with E-state index in [1.807, 2.05) is 107 Å². The van der Waals surface area contributed by atoms with Crippen molar-refractivity contribution in [1.29, 1.82) is 0 Å². The van der Waals surface area contributed by atoms with Crippen LogP contribution in [-0.2, 0) is 22.8 Å². The predicted octanol–water partition coefficient (Wildman–Crippen LogP) is 11.3. The maximum absolute atomic E-state index is 14.1. The Morgan fingerprint density at radius 2 is 1.54 bits per heavy atom. The van der Waals surface area contributed by atoms with Crippen LogP contribution in [0.25, 0.3) is 17.2 Å². The highest BCUT2D eigenvalue weighted by Crippen LogP contribution is 2.36. The van der Waals surface area contributed by atoms with Gasteiger partial charge in [0.1, 0.15) is 5.83 Å². The van der Waals surface area contributed by atoms with Crippen molar-refractivity contribution >= 4 is 51.8 Å². The van der Waals surface area contributed by atoms with Gasteiger partial charge in [0.25, 0.3) is 11.6 Å². The summed E-state index contributed by atoms with van der Waals surface area (Å²) in [5, 5.41) is 18.5. The van der Waals surface area contributed by atoms with Gasteiger partial charge >= 0.3 is 0 Å². The number of anilines is 3. The number of halogens is 1. The third-order valence-electron chi connectivity index (χ3n) is 14.2. The summed E-state index contributed by atoms with van der Waals surface area (Å²) in [6, 6.07) is 26.2. The fourth-order valence-corrected chi connectivity index (χ4v) is 11.3. The summed E-state index contributed by atoms with van der Waals surface area (Å²) in [6.07, 6.45) is 12.8. The lowest BCUT2D eigenvalue weighted by Gasteiger charge is -2.32. The molecule has 4 heterocycles. The number of morpholine rings is 1. The van der Waals surface area contributed by atoms with Crippen LogP contribution in [0, 0.1) is 17.0 Å². The van der Waals surface area contributed by atoms with E-state index in [4.69, 9.17) is 4.74 Å². The van der Waals surface area contributed by atoms with Gasteiger partial charge in [0.15, 0.2) is 11.0 Å². The van der Waals surface area contributed by atoms with Crippen molar-refractivity contribution in [3.8, 4) is 11.1 Å². The van der Waals surface area contributed by atoms with Gasteiger partial charge in [-0.15, -0.1) is 11.8 Å². The number of hydrogen-bond acceptors (Lipinski definition) is 12. The van der Waals surface area contributed by atoms with Crippen LogP contribution in [0.3, 0.4) is 0 Å². The topological polar surface area (TPSA) is 144 Å². The lowest BCUT2D eigenvalue weighted by atomic mass is 9.98. The molecule has 18 heteroatoms. The number of carbonyl (C=O) groups excluding carboxylic acids is 1. The lowest BCUT2D eigenvalue weighted by molar-refractivity contribution is -0.427. The van der Waals surface area contributed by atoms with E-state index in [0.717, 1.165) is 149 Å². The minimum absolute atomic E-state index is 0.0294. The second-order valence-electron chi connectivity index (χ2n) is 19.4. The Balaban J connectivity index is 0.000000905. The molecule has 1 atom stereocenters. The lowest BCUT2D eigenvalue weighted by Crippen LogP contribution is -2.45. The first-order chi connectivity index (χ1) is 39.4. The molecule has 3 aromatic carbocycles. The summed E-state index contributed by atoms with van der Waals surface area (Å²) in [6.45, 7) is 30.4. The normalized spacial score (nSPS) is 16.8. The molecule has 1 amide bonds. The fourth-order valence-electron chi connectivity index (χ4n) is 9.62. The molecule has 1 aliphatic carbocycles. The van der Waals surface area contributed by atoms with E-state index < -0.39 is 21.7 Å². The summed E-state index contributed by atoms with van der Waals surface area (Å²) in [5.74, 6) is 0.219. The van der Waals surface area contributed by atoms with Gasteiger partial charge in [-0.3, -0.25) is 19.8 Å². The molecule has 3 fully saturated rings. The van der Waals surface area contributed by atoms with E-state index >= 15 is 0 Å². The molecule has 0 spiro atoms. The molecule has 81 heavy (non-hydrogen) atoms. The van der Waals surface area contributed by atoms with E-state index in [1.54, 1.807) is 30.0 Å². The number of piperazine rings is 1. The number of nitro groups is 1. The van der Waals surface area contributed by atoms with Gasteiger partial charge in [-0.05, 0) is 124 Å². The van der Waals surface area contributed by atoms with Gasteiger partial charge in [0.05, 0.1) is 35.0 Å². The number of aromatic nitrogens is 1. The van der Waals surface area contributed by atoms with Gasteiger partial charge < -0.3 is 44.3 Å². The van der Waals surface area contributed by atoms with Crippen molar-refractivity contribution in [2.24, 2.45) is 7.05 Å². The zero-order valence-electron chi connectivity index (χ0n) is 49.3. The van der Waals surface area contributed by atoms with Gasteiger partial charge in [-0.1, -0.05) is 77.6 Å². The van der Waals surface area contributed by atoms with Crippen LogP contribution < -0.4 is 25.2 Å². The minimum Gasteiger partial charge on any atom is -0.387 e. The number of benzene rings is 3. The van der Waals surface area contributed by atoms with Crippen molar-refractivity contribution in [1.82, 2.24) is 29.9 Å². The maximum atomic E-state index is 14.1. The van der Waals surface area contributed by atoms with E-state index in [0.29, 0.717) is 34.9 Å². The third kappa shape index (κ3) is 20.6. The van der Waals surface area contributed by atoms with Crippen molar-refractivity contribution in [2.75, 3.05) is 132 Å². The molecule has 440 valence electrons. The molecule has 0 bridgehead atoms. The van der Waals surface area contributed by atoms with E-state index in [2.05, 4.69) is 84.7 Å². The number of carbonyl (C=O) groups is 1. The predicted molar refractivity (Wildman–Crippen MR) is 339 cm³/mol. The molecule has 4 aromatic rings. The summed E-state index contributed by atoms with van der Waals surface area (Å²) in [5.41, 5.74) is 7.32. The smallest absolute Gasteiger partial charge is 0.253 e. The van der Waals surface area contributed by atoms with Crippen LogP contribution in [0.4, 0.5) is 21.5 Å². The average Bonchev–Trinajstić information content (AvgIpc) is 3.82. The van der Waals surface area contributed by atoms with Crippen molar-refractivity contribution in [3.63, 3.8) is 0 Å². The number of amides is 1. The SMILES string of the molecule is C=C/C(F)=C\C=C\c1c(-c2cccc(N3CCCN(c4ccc(NS(=O)C5=CC=C(NCCSc6ccccc6)CC([N+](=O)[O-])=C5)cc4)CC3)c2)c(C(=O)NCCCN2CCN(C)CC2)c(C)n1C.CC.CC.CCN1CCOCC1. The van der Waals surface area contributed by atoms with Gasteiger partial charge in [0.2, 0.25) is 0 Å². The van der Waals surface area contributed by atoms with Crippen LogP contribution in [-0.4, -0.2) is 152 Å². The first-order valence-corrected chi connectivity index (χ1v) is 30.9. The number of ether oxygens (including phenoxy) is 1. The Morgan fingerprint density at radius 3 is 2.20 bits per heavy atom. The van der Waals surface area contributed by atoms with E-state index in [1.165, 1.54) is 18.7 Å². The Kier molecular flexibility index (Phi) is 28.8. The molecule has 1 aromatic heterocycles. The number of nitrogens with one attached hydrogen (secondary N) is 3. The summed E-state index contributed by atoms with van der Waals surface area (Å²) in [4.78, 5) is 39.0. The molecule has 3 saturated heterocycles. The molecule has 8 rings (SSSR count). The standard InChI is InChI=1S/C53H64FN9O4S2.C6H13NO.2C2H6/c1-5-42(54)14-10-18-50-52(51(40(2)59(50)4)53(64)56-25-11-27-60-32-30-58(3)31-33-60)41-13-9-15-46(37-41)62-29-12-28-61(34-35-62)45-22-19-43(20-23-45)57-69(67)49-24-21-44(38-47(39-49)63(65)66)55-26-36-68-48-16-7-6-8-17-48;1-2-7-3-5-8-6-4-7;2*1-2/h5-10,13-24,37,39,55,57H,1,11-12,25-36,38H2,2-4H3,(H,56,64);2-6H2,1H3;2*1-2H3/b18-10+,42-14+;;;. The monoisotopic (exact) mass is 1150 g/mol. The molecule has 0 radical (unpaired) electrons. The van der Waals surface area contributed by atoms with Crippen molar-refractivity contribution < 1.29 is 23.1 Å². The highest BCUT2D eigenvalue weighted by Gasteiger charge is 2.26. The summed E-state index contributed by atoms with van der Waals surface area (Å²) >= 11 is 1.71. The van der Waals surface area contributed by atoms with Crippen LogP contribution in [0.5, 0.6) is 0 Å². The van der Waals surface area contributed by atoms with Crippen LogP contribution in [0.15, 0.2) is 149 Å². The van der Waals surface area contributed by atoms with Crippen LogP contribution in [0.2, 0.25) is 0 Å². The first-order valence-electron chi connectivity index (χ1n) is 28.8. The number of allylic oxidation sites excluding steroid dienone is 7. The Bertz CT molecular complexity index is 2780. The third-order valence-corrected chi connectivity index (χ3v) is 16.3. The maximum Gasteiger partial charge on any atom is 0.253 e. The summed E-state index contributed by atoms with van der Waals surface area (Å²) < 4.78 is 37.9. The minimum atomic E-state index is -1.74. The Morgan fingerprint density at radius 1 is 0.852 bits per heavy atom. The molecule has 4 aliphatic rings.